The number of ether oxygens (including phenoxy) is 1. The lowest BCUT2D eigenvalue weighted by atomic mass is 9.92. The first-order valence-electron chi connectivity index (χ1n) is 6.25. The van der Waals surface area contributed by atoms with Crippen molar-refractivity contribution in [1.82, 2.24) is 4.90 Å². The molecule has 1 atom stereocenters. The second-order valence-electron chi connectivity index (χ2n) is 5.10. The molecule has 0 bridgehead atoms. The molecule has 0 aliphatic heterocycles. The van der Waals surface area contributed by atoms with Gasteiger partial charge in [0.1, 0.15) is 0 Å². The van der Waals surface area contributed by atoms with Crippen molar-refractivity contribution in [3.05, 3.63) is 20.8 Å². The van der Waals surface area contributed by atoms with Crippen LogP contribution in [0.3, 0.4) is 0 Å². The van der Waals surface area contributed by atoms with Crippen LogP contribution in [0.5, 0.6) is 0 Å². The van der Waals surface area contributed by atoms with Gasteiger partial charge >= 0.3 is 0 Å². The highest BCUT2D eigenvalue weighted by Crippen LogP contribution is 2.43. The average molecular weight is 333 g/mol. The van der Waals surface area contributed by atoms with E-state index >= 15 is 0 Å². The molecular formula is C13H21BrN2OS. The Hall–Kier alpha value is 0.0600. The number of thiophene rings is 1. The monoisotopic (exact) mass is 332 g/mol. The van der Waals surface area contributed by atoms with E-state index < -0.39 is 0 Å². The predicted octanol–water partition coefficient (Wildman–Crippen LogP) is 2.70. The van der Waals surface area contributed by atoms with E-state index in [0.717, 1.165) is 17.6 Å². The molecule has 0 aromatic carbocycles. The predicted molar refractivity (Wildman–Crippen MR) is 79.9 cm³/mol. The van der Waals surface area contributed by atoms with Crippen LogP contribution in [0.15, 0.2) is 15.9 Å². The fourth-order valence-corrected chi connectivity index (χ4v) is 4.12. The van der Waals surface area contributed by atoms with Gasteiger partial charge in [-0.25, -0.2) is 0 Å². The highest BCUT2D eigenvalue weighted by atomic mass is 79.9. The summed E-state index contributed by atoms with van der Waals surface area (Å²) in [5, 5.41) is 2.13. The Bertz CT molecular complexity index is 394. The van der Waals surface area contributed by atoms with E-state index in [1.54, 1.807) is 18.4 Å². The zero-order valence-corrected chi connectivity index (χ0v) is 13.4. The van der Waals surface area contributed by atoms with E-state index in [0.29, 0.717) is 12.5 Å². The van der Waals surface area contributed by atoms with Crippen LogP contribution in [0.1, 0.15) is 17.7 Å². The Morgan fingerprint density at radius 2 is 2.33 bits per heavy atom. The first-order valence-corrected chi connectivity index (χ1v) is 7.93. The topological polar surface area (TPSA) is 38.5 Å². The van der Waals surface area contributed by atoms with Crippen LogP contribution in [-0.4, -0.2) is 37.7 Å². The lowest BCUT2D eigenvalue weighted by molar-refractivity contribution is 0.0109. The fourth-order valence-electron chi connectivity index (χ4n) is 2.62. The number of hydrogen-bond acceptors (Lipinski definition) is 4. The summed E-state index contributed by atoms with van der Waals surface area (Å²) in [4.78, 5) is 3.74. The zero-order valence-electron chi connectivity index (χ0n) is 11.0. The number of halogens is 1. The molecule has 1 aliphatic rings. The van der Waals surface area contributed by atoms with Gasteiger partial charge in [-0.1, -0.05) is 0 Å². The van der Waals surface area contributed by atoms with Gasteiger partial charge in [-0.3, -0.25) is 4.90 Å². The normalized spacial score (nSPS) is 19.2. The molecule has 1 fully saturated rings. The Labute approximate surface area is 121 Å². The molecule has 0 spiro atoms. The second kappa shape index (κ2) is 6.01. The summed E-state index contributed by atoms with van der Waals surface area (Å²) >= 11 is 5.29. The van der Waals surface area contributed by atoms with Gasteiger partial charge in [-0.2, -0.15) is 0 Å². The van der Waals surface area contributed by atoms with Gasteiger partial charge < -0.3 is 10.5 Å². The molecule has 18 heavy (non-hydrogen) atoms. The van der Waals surface area contributed by atoms with Crippen molar-refractivity contribution >= 4 is 27.3 Å². The van der Waals surface area contributed by atoms with Gasteiger partial charge in [-0.15, -0.1) is 11.3 Å². The Kier molecular flexibility index (Phi) is 4.83. The second-order valence-corrected chi connectivity index (χ2v) is 7.01. The van der Waals surface area contributed by atoms with Crippen LogP contribution in [-0.2, 0) is 11.3 Å². The standard InChI is InChI=1S/C13H21BrN2OS/c1-16(6-12-5-11(14)7-18-12)13(8-15,9-17-2)10-3-4-10/h5,7,10H,3-4,6,8-9,15H2,1-2H3. The Balaban J connectivity index is 2.09. The quantitative estimate of drug-likeness (QED) is 0.834. The van der Waals surface area contributed by atoms with Crippen molar-refractivity contribution in [3.8, 4) is 0 Å². The van der Waals surface area contributed by atoms with E-state index in [1.165, 1.54) is 17.7 Å². The third kappa shape index (κ3) is 2.96. The Morgan fingerprint density at radius 1 is 1.61 bits per heavy atom. The van der Waals surface area contributed by atoms with Crippen LogP contribution in [0.2, 0.25) is 0 Å². The van der Waals surface area contributed by atoms with Crippen molar-refractivity contribution in [2.45, 2.75) is 24.9 Å². The molecule has 0 amide bonds. The lowest BCUT2D eigenvalue weighted by Gasteiger charge is -2.41. The molecule has 1 heterocycles. The van der Waals surface area contributed by atoms with Gasteiger partial charge in [0.2, 0.25) is 0 Å². The van der Waals surface area contributed by atoms with E-state index in [9.17, 15) is 0 Å². The largest absolute Gasteiger partial charge is 0.383 e. The molecular weight excluding hydrogens is 312 g/mol. The maximum atomic E-state index is 6.07. The summed E-state index contributed by atoms with van der Waals surface area (Å²) in [6.45, 7) is 2.32. The first-order chi connectivity index (χ1) is 8.62. The molecule has 1 saturated carbocycles. The van der Waals surface area contributed by atoms with Crippen LogP contribution in [0.4, 0.5) is 0 Å². The Morgan fingerprint density at radius 3 is 2.78 bits per heavy atom. The van der Waals surface area contributed by atoms with Crippen molar-refractivity contribution in [3.63, 3.8) is 0 Å². The molecule has 1 aromatic rings. The van der Waals surface area contributed by atoms with Crippen molar-refractivity contribution in [2.75, 3.05) is 27.3 Å². The summed E-state index contributed by atoms with van der Waals surface area (Å²) in [6.07, 6.45) is 2.55. The number of nitrogens with zero attached hydrogens (tertiary/aromatic N) is 1. The van der Waals surface area contributed by atoms with Crippen molar-refractivity contribution in [1.29, 1.82) is 0 Å². The molecule has 0 radical (unpaired) electrons. The van der Waals surface area contributed by atoms with Gasteiger partial charge in [0, 0.05) is 34.9 Å². The molecule has 1 aliphatic carbocycles. The summed E-state index contributed by atoms with van der Waals surface area (Å²) < 4.78 is 6.60. The molecule has 1 aromatic heterocycles. The van der Waals surface area contributed by atoms with Crippen molar-refractivity contribution in [2.24, 2.45) is 11.7 Å². The summed E-state index contributed by atoms with van der Waals surface area (Å²) in [5.74, 6) is 0.691. The minimum Gasteiger partial charge on any atom is -0.383 e. The molecule has 5 heteroatoms. The fraction of sp³-hybridized carbons (Fsp3) is 0.692. The van der Waals surface area contributed by atoms with Crippen LogP contribution in [0.25, 0.3) is 0 Å². The van der Waals surface area contributed by atoms with Gasteiger partial charge in [0.15, 0.2) is 0 Å². The number of likely N-dealkylation sites (N-methyl/N-ethyl adjacent to an activating group) is 1. The van der Waals surface area contributed by atoms with Crippen molar-refractivity contribution < 1.29 is 4.74 Å². The van der Waals surface area contributed by atoms with E-state index in [1.807, 2.05) is 0 Å². The minimum absolute atomic E-state index is 0.00517. The van der Waals surface area contributed by atoms with Gasteiger partial charge in [0.25, 0.3) is 0 Å². The molecule has 2 N–H and O–H groups in total. The molecule has 102 valence electrons. The SMILES string of the molecule is COCC(CN)(C1CC1)N(C)Cc1cc(Br)cs1. The molecule has 0 saturated heterocycles. The molecule has 2 rings (SSSR count). The van der Waals surface area contributed by atoms with Gasteiger partial charge in [0.05, 0.1) is 12.1 Å². The smallest absolute Gasteiger partial charge is 0.0661 e. The highest BCUT2D eigenvalue weighted by molar-refractivity contribution is 9.10. The summed E-state index contributed by atoms with van der Waals surface area (Å²) in [6, 6.07) is 2.18. The zero-order chi connectivity index (χ0) is 13.2. The highest BCUT2D eigenvalue weighted by Gasteiger charge is 2.47. The minimum atomic E-state index is 0.00517. The van der Waals surface area contributed by atoms with Crippen LogP contribution >= 0.6 is 27.3 Å². The average Bonchev–Trinajstić information content (AvgIpc) is 3.11. The number of nitrogens with two attached hydrogens (primary N) is 1. The van der Waals surface area contributed by atoms with Crippen LogP contribution in [0, 0.1) is 5.92 Å². The third-order valence-corrected chi connectivity index (χ3v) is 5.54. The van der Waals surface area contributed by atoms with Crippen LogP contribution < -0.4 is 5.73 Å². The molecule has 1 unspecified atom stereocenters. The van der Waals surface area contributed by atoms with E-state index in [4.69, 9.17) is 10.5 Å². The number of rotatable bonds is 7. The van der Waals surface area contributed by atoms with Gasteiger partial charge in [-0.05, 0) is 47.8 Å². The summed E-state index contributed by atoms with van der Waals surface area (Å²) in [7, 11) is 3.93. The lowest BCUT2D eigenvalue weighted by Crippen LogP contribution is -2.56. The summed E-state index contributed by atoms with van der Waals surface area (Å²) in [5.41, 5.74) is 6.07. The number of methoxy groups -OCH3 is 1. The first kappa shape index (κ1) is 14.5. The van der Waals surface area contributed by atoms with E-state index in [-0.39, 0.29) is 5.54 Å². The number of hydrogen-bond donors (Lipinski definition) is 1. The molecule has 3 nitrogen and oxygen atoms in total. The van der Waals surface area contributed by atoms with E-state index in [2.05, 4.69) is 39.3 Å². The maximum Gasteiger partial charge on any atom is 0.0661 e. The maximum absolute atomic E-state index is 6.07. The third-order valence-electron chi connectivity index (χ3n) is 3.86.